The SMILES string of the molecule is Cc1ccc(C(=O)CCCCN)cn1. The zero-order valence-corrected chi connectivity index (χ0v) is 8.49. The number of nitrogens with zero attached hydrogens (tertiary/aromatic N) is 1. The summed E-state index contributed by atoms with van der Waals surface area (Å²) in [4.78, 5) is 15.6. The van der Waals surface area contributed by atoms with Crippen molar-refractivity contribution < 1.29 is 4.79 Å². The fourth-order valence-corrected chi connectivity index (χ4v) is 1.21. The average molecular weight is 192 g/mol. The first kappa shape index (κ1) is 10.9. The number of aryl methyl sites for hydroxylation is 1. The highest BCUT2D eigenvalue weighted by Gasteiger charge is 2.04. The van der Waals surface area contributed by atoms with E-state index in [-0.39, 0.29) is 5.78 Å². The number of hydrogen-bond donors (Lipinski definition) is 1. The van der Waals surface area contributed by atoms with Crippen LogP contribution in [0.2, 0.25) is 0 Å². The molecule has 0 aliphatic rings. The van der Waals surface area contributed by atoms with E-state index in [1.807, 2.05) is 19.1 Å². The van der Waals surface area contributed by atoms with E-state index < -0.39 is 0 Å². The summed E-state index contributed by atoms with van der Waals surface area (Å²) in [6.45, 7) is 2.56. The lowest BCUT2D eigenvalue weighted by molar-refractivity contribution is 0.0979. The van der Waals surface area contributed by atoms with Gasteiger partial charge in [-0.25, -0.2) is 0 Å². The quantitative estimate of drug-likeness (QED) is 0.570. The topological polar surface area (TPSA) is 56.0 Å². The van der Waals surface area contributed by atoms with Crippen molar-refractivity contribution in [1.29, 1.82) is 0 Å². The van der Waals surface area contributed by atoms with Gasteiger partial charge in [-0.1, -0.05) is 0 Å². The predicted molar refractivity (Wildman–Crippen MR) is 56.2 cm³/mol. The molecule has 0 radical (unpaired) electrons. The average Bonchev–Trinajstić information content (AvgIpc) is 2.19. The summed E-state index contributed by atoms with van der Waals surface area (Å²) in [7, 11) is 0. The molecular formula is C11H16N2O. The van der Waals surface area contributed by atoms with Gasteiger partial charge in [0.2, 0.25) is 0 Å². The minimum absolute atomic E-state index is 0.158. The number of ketones is 1. The highest BCUT2D eigenvalue weighted by molar-refractivity contribution is 5.95. The van der Waals surface area contributed by atoms with Gasteiger partial charge >= 0.3 is 0 Å². The number of aromatic nitrogens is 1. The van der Waals surface area contributed by atoms with Crippen molar-refractivity contribution in [2.75, 3.05) is 6.54 Å². The molecule has 2 N–H and O–H groups in total. The van der Waals surface area contributed by atoms with Crippen LogP contribution in [0.5, 0.6) is 0 Å². The van der Waals surface area contributed by atoms with E-state index >= 15 is 0 Å². The monoisotopic (exact) mass is 192 g/mol. The molecule has 3 nitrogen and oxygen atoms in total. The Bertz CT molecular complexity index is 293. The largest absolute Gasteiger partial charge is 0.330 e. The molecule has 14 heavy (non-hydrogen) atoms. The third kappa shape index (κ3) is 3.26. The summed E-state index contributed by atoms with van der Waals surface area (Å²) in [5.74, 6) is 0.158. The molecule has 0 saturated carbocycles. The van der Waals surface area contributed by atoms with Gasteiger partial charge in [-0.15, -0.1) is 0 Å². The first-order valence-corrected chi connectivity index (χ1v) is 4.90. The number of nitrogens with two attached hydrogens (primary N) is 1. The molecular weight excluding hydrogens is 176 g/mol. The lowest BCUT2D eigenvalue weighted by Gasteiger charge is -2.00. The highest BCUT2D eigenvalue weighted by Crippen LogP contribution is 2.06. The summed E-state index contributed by atoms with van der Waals surface area (Å²) in [5, 5.41) is 0. The number of pyridine rings is 1. The lowest BCUT2D eigenvalue weighted by Crippen LogP contribution is -2.03. The van der Waals surface area contributed by atoms with Gasteiger partial charge in [-0.05, 0) is 38.4 Å². The van der Waals surface area contributed by atoms with E-state index in [9.17, 15) is 4.79 Å². The second-order valence-electron chi connectivity index (χ2n) is 3.36. The van der Waals surface area contributed by atoms with E-state index in [0.717, 1.165) is 18.5 Å². The first-order valence-electron chi connectivity index (χ1n) is 4.90. The molecule has 3 heteroatoms. The summed E-state index contributed by atoms with van der Waals surface area (Å²) in [5.41, 5.74) is 6.98. The fraction of sp³-hybridized carbons (Fsp3) is 0.455. The van der Waals surface area contributed by atoms with E-state index in [1.165, 1.54) is 0 Å². The Balaban J connectivity index is 2.48. The molecule has 0 aliphatic heterocycles. The number of hydrogen-bond acceptors (Lipinski definition) is 3. The highest BCUT2D eigenvalue weighted by atomic mass is 16.1. The molecule has 0 atom stereocenters. The molecule has 0 saturated heterocycles. The molecule has 0 aliphatic carbocycles. The van der Waals surface area contributed by atoms with E-state index in [2.05, 4.69) is 4.98 Å². The minimum Gasteiger partial charge on any atom is -0.330 e. The second kappa shape index (κ2) is 5.50. The Labute approximate surface area is 84.3 Å². The summed E-state index contributed by atoms with van der Waals surface area (Å²) < 4.78 is 0. The Hall–Kier alpha value is -1.22. The third-order valence-electron chi connectivity index (χ3n) is 2.09. The predicted octanol–water partition coefficient (Wildman–Crippen LogP) is 1.70. The maximum absolute atomic E-state index is 11.5. The smallest absolute Gasteiger partial charge is 0.164 e. The lowest BCUT2D eigenvalue weighted by atomic mass is 10.1. The van der Waals surface area contributed by atoms with E-state index in [1.54, 1.807) is 6.20 Å². The van der Waals surface area contributed by atoms with E-state index in [0.29, 0.717) is 18.5 Å². The molecule has 1 aromatic rings. The number of rotatable bonds is 5. The number of carbonyl (C=O) groups excluding carboxylic acids is 1. The molecule has 1 aromatic heterocycles. The van der Waals surface area contributed by atoms with Crippen molar-refractivity contribution >= 4 is 5.78 Å². The Morgan fingerprint density at radius 2 is 2.21 bits per heavy atom. The van der Waals surface area contributed by atoms with Gasteiger partial charge in [0, 0.05) is 23.9 Å². The van der Waals surface area contributed by atoms with Gasteiger partial charge in [-0.2, -0.15) is 0 Å². The van der Waals surface area contributed by atoms with Crippen LogP contribution in [0.1, 0.15) is 35.3 Å². The molecule has 1 heterocycles. The Morgan fingerprint density at radius 1 is 1.43 bits per heavy atom. The van der Waals surface area contributed by atoms with Crippen LogP contribution in [-0.4, -0.2) is 17.3 Å². The molecule has 76 valence electrons. The van der Waals surface area contributed by atoms with Gasteiger partial charge < -0.3 is 5.73 Å². The normalized spacial score (nSPS) is 10.1. The molecule has 1 rings (SSSR count). The van der Waals surface area contributed by atoms with Gasteiger partial charge in [-0.3, -0.25) is 9.78 Å². The zero-order chi connectivity index (χ0) is 10.4. The van der Waals surface area contributed by atoms with Crippen LogP contribution >= 0.6 is 0 Å². The number of unbranched alkanes of at least 4 members (excludes halogenated alkanes) is 1. The van der Waals surface area contributed by atoms with Crippen LogP contribution in [0.3, 0.4) is 0 Å². The number of carbonyl (C=O) groups is 1. The maximum Gasteiger partial charge on any atom is 0.164 e. The Kier molecular flexibility index (Phi) is 4.26. The van der Waals surface area contributed by atoms with Gasteiger partial charge in [0.15, 0.2) is 5.78 Å². The standard InChI is InChI=1S/C11H16N2O/c1-9-5-6-10(8-13-9)11(14)4-2-3-7-12/h5-6,8H,2-4,7,12H2,1H3. The minimum atomic E-state index is 0.158. The molecule has 0 unspecified atom stereocenters. The van der Waals surface area contributed by atoms with Crippen LogP contribution in [0.25, 0.3) is 0 Å². The third-order valence-corrected chi connectivity index (χ3v) is 2.09. The summed E-state index contributed by atoms with van der Waals surface area (Å²) in [6.07, 6.45) is 3.98. The van der Waals surface area contributed by atoms with Crippen LogP contribution < -0.4 is 5.73 Å². The van der Waals surface area contributed by atoms with E-state index in [4.69, 9.17) is 5.73 Å². The summed E-state index contributed by atoms with van der Waals surface area (Å²) in [6, 6.07) is 3.68. The van der Waals surface area contributed by atoms with Crippen molar-refractivity contribution in [2.24, 2.45) is 5.73 Å². The molecule has 0 aromatic carbocycles. The fourth-order valence-electron chi connectivity index (χ4n) is 1.21. The maximum atomic E-state index is 11.5. The first-order chi connectivity index (χ1) is 6.74. The molecule has 0 spiro atoms. The van der Waals surface area contributed by atoms with Crippen LogP contribution in [0.4, 0.5) is 0 Å². The van der Waals surface area contributed by atoms with Crippen molar-refractivity contribution in [1.82, 2.24) is 4.98 Å². The zero-order valence-electron chi connectivity index (χ0n) is 8.49. The van der Waals surface area contributed by atoms with Crippen LogP contribution in [0.15, 0.2) is 18.3 Å². The second-order valence-corrected chi connectivity index (χ2v) is 3.36. The van der Waals surface area contributed by atoms with Crippen LogP contribution in [-0.2, 0) is 0 Å². The van der Waals surface area contributed by atoms with Crippen LogP contribution in [0, 0.1) is 6.92 Å². The van der Waals surface area contributed by atoms with Gasteiger partial charge in [0.25, 0.3) is 0 Å². The molecule has 0 amide bonds. The van der Waals surface area contributed by atoms with Gasteiger partial charge in [0.05, 0.1) is 0 Å². The number of Topliss-reactive ketones (excluding diaryl/α,β-unsaturated/α-hetero) is 1. The van der Waals surface area contributed by atoms with Crippen molar-refractivity contribution in [2.45, 2.75) is 26.2 Å². The van der Waals surface area contributed by atoms with Crippen molar-refractivity contribution in [3.63, 3.8) is 0 Å². The van der Waals surface area contributed by atoms with Gasteiger partial charge in [0.1, 0.15) is 0 Å². The molecule has 0 bridgehead atoms. The van der Waals surface area contributed by atoms with Crippen molar-refractivity contribution in [3.05, 3.63) is 29.6 Å². The Morgan fingerprint density at radius 3 is 2.79 bits per heavy atom. The molecule has 0 fully saturated rings. The van der Waals surface area contributed by atoms with Crippen molar-refractivity contribution in [3.8, 4) is 0 Å². The summed E-state index contributed by atoms with van der Waals surface area (Å²) >= 11 is 0.